The number of thiocarbonyl (C=S) groups is 1. The summed E-state index contributed by atoms with van der Waals surface area (Å²) in [7, 11) is 0. The maximum atomic E-state index is 13.5. The van der Waals surface area contributed by atoms with Crippen LogP contribution in [0.25, 0.3) is 0 Å². The first-order chi connectivity index (χ1) is 11.5. The molecule has 24 heavy (non-hydrogen) atoms. The molecule has 5 nitrogen and oxygen atoms in total. The Bertz CT molecular complexity index is 748. The van der Waals surface area contributed by atoms with Gasteiger partial charge in [0.1, 0.15) is 0 Å². The second kappa shape index (κ2) is 5.28. The summed E-state index contributed by atoms with van der Waals surface area (Å²) in [6.07, 6.45) is 2.29. The molecule has 126 valence electrons. The molecule has 1 aromatic rings. The smallest absolute Gasteiger partial charge is 0.247 e. The number of nitrogens with one attached hydrogen (secondary N) is 1. The lowest BCUT2D eigenvalue weighted by atomic mass is 9.68. The van der Waals surface area contributed by atoms with Crippen LogP contribution in [0.1, 0.15) is 32.3 Å². The average molecular weight is 343 g/mol. The summed E-state index contributed by atoms with van der Waals surface area (Å²) in [5.74, 6) is -0.376. The highest BCUT2D eigenvalue weighted by Crippen LogP contribution is 2.48. The van der Waals surface area contributed by atoms with E-state index in [0.717, 1.165) is 30.6 Å². The van der Waals surface area contributed by atoms with Crippen molar-refractivity contribution < 1.29 is 9.59 Å². The Labute approximate surface area is 147 Å². The first-order valence-corrected chi connectivity index (χ1v) is 8.91. The zero-order valence-electron chi connectivity index (χ0n) is 13.9. The summed E-state index contributed by atoms with van der Waals surface area (Å²) in [5, 5.41) is 3.05. The largest absolute Gasteiger partial charge is 0.367 e. The maximum Gasteiger partial charge on any atom is 0.247 e. The van der Waals surface area contributed by atoms with E-state index in [4.69, 9.17) is 12.2 Å². The predicted molar refractivity (Wildman–Crippen MR) is 95.7 cm³/mol. The third-order valence-electron chi connectivity index (χ3n) is 5.55. The lowest BCUT2D eigenvalue weighted by Crippen LogP contribution is -2.72. The lowest BCUT2D eigenvalue weighted by Gasteiger charge is -2.51. The topological polar surface area (TPSA) is 52.7 Å². The normalized spacial score (nSPS) is 29.1. The molecule has 3 aliphatic rings. The molecule has 2 saturated heterocycles. The van der Waals surface area contributed by atoms with Crippen molar-refractivity contribution in [2.75, 3.05) is 11.4 Å². The predicted octanol–water partition coefficient (Wildman–Crippen LogP) is 1.85. The van der Waals surface area contributed by atoms with Gasteiger partial charge in [-0.05, 0) is 57.0 Å². The Morgan fingerprint density at radius 1 is 1.29 bits per heavy atom. The van der Waals surface area contributed by atoms with Gasteiger partial charge in [0.05, 0.1) is 6.04 Å². The van der Waals surface area contributed by atoms with Crippen molar-refractivity contribution in [1.29, 1.82) is 0 Å². The number of nitrogens with zero attached hydrogens (tertiary/aromatic N) is 2. The number of rotatable bonds is 1. The number of hydrogen-bond donors (Lipinski definition) is 1. The SMILES string of the molecule is CC(C)N1C(=O)[C@]2(Cc3ccccc3N3CCC[C@H]32)C(=O)NC1=S. The van der Waals surface area contributed by atoms with E-state index in [2.05, 4.69) is 16.3 Å². The summed E-state index contributed by atoms with van der Waals surface area (Å²) >= 11 is 5.27. The minimum atomic E-state index is -1.07. The van der Waals surface area contributed by atoms with Crippen LogP contribution in [0.2, 0.25) is 0 Å². The maximum absolute atomic E-state index is 13.5. The molecule has 3 heterocycles. The molecule has 0 bridgehead atoms. The van der Waals surface area contributed by atoms with E-state index in [-0.39, 0.29) is 29.0 Å². The average Bonchev–Trinajstić information content (AvgIpc) is 3.02. The van der Waals surface area contributed by atoms with E-state index in [9.17, 15) is 9.59 Å². The minimum Gasteiger partial charge on any atom is -0.367 e. The fraction of sp³-hybridized carbons (Fsp3) is 0.500. The zero-order valence-corrected chi connectivity index (χ0v) is 14.7. The van der Waals surface area contributed by atoms with Crippen molar-refractivity contribution in [1.82, 2.24) is 10.2 Å². The summed E-state index contributed by atoms with van der Waals surface area (Å²) in [5.41, 5.74) is 1.16. The molecule has 2 fully saturated rings. The van der Waals surface area contributed by atoms with Crippen molar-refractivity contribution in [2.24, 2.45) is 5.41 Å². The molecule has 3 aliphatic heterocycles. The van der Waals surface area contributed by atoms with E-state index >= 15 is 0 Å². The lowest BCUT2D eigenvalue weighted by molar-refractivity contribution is -0.153. The molecule has 6 heteroatoms. The van der Waals surface area contributed by atoms with Gasteiger partial charge in [-0.25, -0.2) is 0 Å². The minimum absolute atomic E-state index is 0.0745. The number of fused-ring (bicyclic) bond motifs is 4. The fourth-order valence-electron chi connectivity index (χ4n) is 4.52. The van der Waals surface area contributed by atoms with Crippen LogP contribution in [0.15, 0.2) is 24.3 Å². The molecule has 0 aromatic heterocycles. The van der Waals surface area contributed by atoms with Gasteiger partial charge in [0.2, 0.25) is 11.8 Å². The molecule has 2 atom stereocenters. The first-order valence-electron chi connectivity index (χ1n) is 8.50. The molecule has 0 unspecified atom stereocenters. The van der Waals surface area contributed by atoms with E-state index < -0.39 is 5.41 Å². The van der Waals surface area contributed by atoms with Crippen LogP contribution in [0.4, 0.5) is 5.69 Å². The van der Waals surface area contributed by atoms with Crippen molar-refractivity contribution in [2.45, 2.75) is 45.2 Å². The molecular weight excluding hydrogens is 322 g/mol. The Morgan fingerprint density at radius 2 is 2.04 bits per heavy atom. The molecule has 4 rings (SSSR count). The van der Waals surface area contributed by atoms with Crippen LogP contribution >= 0.6 is 12.2 Å². The van der Waals surface area contributed by atoms with Gasteiger partial charge in [-0.3, -0.25) is 14.5 Å². The van der Waals surface area contributed by atoms with Crippen LogP contribution in [-0.2, 0) is 16.0 Å². The first kappa shape index (κ1) is 15.6. The molecule has 1 aromatic carbocycles. The Hall–Kier alpha value is -1.95. The third kappa shape index (κ3) is 1.89. The van der Waals surface area contributed by atoms with Crippen molar-refractivity contribution in [3.05, 3.63) is 29.8 Å². The number of carbonyl (C=O) groups excluding carboxylic acids is 2. The fourth-order valence-corrected chi connectivity index (χ4v) is 4.90. The quantitative estimate of drug-likeness (QED) is 0.625. The molecule has 0 saturated carbocycles. The monoisotopic (exact) mass is 343 g/mol. The van der Waals surface area contributed by atoms with Gasteiger partial charge in [0.15, 0.2) is 10.5 Å². The standard InChI is InChI=1S/C18H21N3O2S/c1-11(2)21-16(23)18(15(22)19-17(21)24)10-12-6-3-4-7-13(12)20-9-5-8-14(18)20/h3-4,6-7,11,14H,5,8-10H2,1-2H3,(H,19,22,24)/t14-,18-/m0/s1. The van der Waals surface area contributed by atoms with Crippen LogP contribution < -0.4 is 10.2 Å². The van der Waals surface area contributed by atoms with Gasteiger partial charge in [-0.2, -0.15) is 0 Å². The number of benzene rings is 1. The number of carbonyl (C=O) groups is 2. The van der Waals surface area contributed by atoms with Gasteiger partial charge >= 0.3 is 0 Å². The molecule has 1 spiro atoms. The van der Waals surface area contributed by atoms with Gasteiger partial charge in [0.25, 0.3) is 0 Å². The number of hydrogen-bond acceptors (Lipinski definition) is 4. The Kier molecular flexibility index (Phi) is 3.42. The Balaban J connectivity index is 1.88. The summed E-state index contributed by atoms with van der Waals surface area (Å²) < 4.78 is 0. The highest BCUT2D eigenvalue weighted by atomic mass is 32.1. The third-order valence-corrected chi connectivity index (χ3v) is 5.85. The van der Waals surface area contributed by atoms with Crippen LogP contribution in [0.3, 0.4) is 0 Å². The number of anilines is 1. The zero-order chi connectivity index (χ0) is 17.1. The van der Waals surface area contributed by atoms with Crippen molar-refractivity contribution in [3.8, 4) is 0 Å². The second-order valence-electron chi connectivity index (χ2n) is 7.16. The molecule has 0 radical (unpaired) electrons. The second-order valence-corrected chi connectivity index (χ2v) is 7.54. The van der Waals surface area contributed by atoms with Crippen LogP contribution in [0.5, 0.6) is 0 Å². The molecule has 0 aliphatic carbocycles. The van der Waals surface area contributed by atoms with E-state index in [1.54, 1.807) is 4.90 Å². The number of amides is 2. The van der Waals surface area contributed by atoms with Crippen molar-refractivity contribution in [3.63, 3.8) is 0 Å². The summed E-state index contributed by atoms with van der Waals surface area (Å²) in [4.78, 5) is 30.3. The summed E-state index contributed by atoms with van der Waals surface area (Å²) in [6.45, 7) is 4.74. The highest BCUT2D eigenvalue weighted by molar-refractivity contribution is 7.80. The van der Waals surface area contributed by atoms with E-state index in [0.29, 0.717) is 6.42 Å². The van der Waals surface area contributed by atoms with Gasteiger partial charge < -0.3 is 10.2 Å². The van der Waals surface area contributed by atoms with Crippen molar-refractivity contribution >= 4 is 34.8 Å². The van der Waals surface area contributed by atoms with Gasteiger partial charge in [0, 0.05) is 18.3 Å². The van der Waals surface area contributed by atoms with Crippen LogP contribution in [-0.4, -0.2) is 40.5 Å². The molecular formula is C18H21N3O2S. The Morgan fingerprint density at radius 3 is 2.79 bits per heavy atom. The molecule has 1 N–H and O–H groups in total. The molecule has 2 amide bonds. The summed E-state index contributed by atoms with van der Waals surface area (Å²) in [6, 6.07) is 7.94. The van der Waals surface area contributed by atoms with Crippen LogP contribution in [0, 0.1) is 5.41 Å². The number of para-hydroxylation sites is 1. The van der Waals surface area contributed by atoms with Gasteiger partial charge in [-0.1, -0.05) is 18.2 Å². The van der Waals surface area contributed by atoms with Gasteiger partial charge in [-0.15, -0.1) is 0 Å². The van der Waals surface area contributed by atoms with E-state index in [1.165, 1.54) is 0 Å². The van der Waals surface area contributed by atoms with E-state index in [1.807, 2.05) is 32.0 Å². The highest BCUT2D eigenvalue weighted by Gasteiger charge is 2.62.